The van der Waals surface area contributed by atoms with Crippen LogP contribution in [0.2, 0.25) is 0 Å². The molecule has 23 heavy (non-hydrogen) atoms. The topological polar surface area (TPSA) is 41.0 Å². The second-order valence-electron chi connectivity index (χ2n) is 5.61. The van der Waals surface area contributed by atoms with Crippen LogP contribution in [0.15, 0.2) is 54.9 Å². The largest absolute Gasteiger partial charge is 0.372 e. The van der Waals surface area contributed by atoms with Crippen molar-refractivity contribution in [3.8, 4) is 0 Å². The van der Waals surface area contributed by atoms with E-state index in [2.05, 4.69) is 44.5 Å². The van der Waals surface area contributed by atoms with Gasteiger partial charge in [-0.25, -0.2) is 9.97 Å². The van der Waals surface area contributed by atoms with Crippen LogP contribution >= 0.6 is 12.4 Å². The number of hydrogen-bond donors (Lipinski definition) is 1. The fraction of sp³-hybridized carbons (Fsp3) is 0.222. The summed E-state index contributed by atoms with van der Waals surface area (Å²) in [6, 6.07) is 16.6. The molecule has 0 unspecified atom stereocenters. The summed E-state index contributed by atoms with van der Waals surface area (Å²) >= 11 is 0. The Bertz CT molecular complexity index is 777. The normalized spacial score (nSPS) is 13.8. The van der Waals surface area contributed by atoms with Crippen molar-refractivity contribution >= 4 is 40.5 Å². The Hall–Kier alpha value is -2.33. The van der Waals surface area contributed by atoms with Crippen molar-refractivity contribution in [2.24, 2.45) is 0 Å². The van der Waals surface area contributed by atoms with Crippen LogP contribution in [0, 0.1) is 0 Å². The first-order valence-electron chi connectivity index (χ1n) is 7.72. The molecule has 1 aliphatic rings. The Balaban J connectivity index is 0.00000156. The smallest absolute Gasteiger partial charge is 0.141 e. The minimum atomic E-state index is 0. The number of hydrogen-bond acceptors (Lipinski definition) is 4. The van der Waals surface area contributed by atoms with Gasteiger partial charge in [-0.1, -0.05) is 12.1 Å². The molecule has 1 aliphatic heterocycles. The Labute approximate surface area is 142 Å². The van der Waals surface area contributed by atoms with Crippen LogP contribution in [0.5, 0.6) is 0 Å². The first-order valence-corrected chi connectivity index (χ1v) is 7.72. The zero-order valence-corrected chi connectivity index (χ0v) is 13.6. The molecule has 1 saturated heterocycles. The summed E-state index contributed by atoms with van der Waals surface area (Å²) in [4.78, 5) is 11.1. The highest BCUT2D eigenvalue weighted by Crippen LogP contribution is 2.25. The SMILES string of the molecule is Cl.c1ccc2c(Nc3ccc(N4CCCC4)cc3)ncnc2c1. The molecule has 3 aromatic rings. The minimum absolute atomic E-state index is 0. The molecule has 4 nitrogen and oxygen atoms in total. The van der Waals surface area contributed by atoms with Gasteiger partial charge in [0.25, 0.3) is 0 Å². The predicted octanol–water partition coefficient (Wildman–Crippen LogP) is 4.40. The van der Waals surface area contributed by atoms with Gasteiger partial charge in [0.05, 0.1) is 5.52 Å². The van der Waals surface area contributed by atoms with Crippen molar-refractivity contribution in [3.63, 3.8) is 0 Å². The van der Waals surface area contributed by atoms with Gasteiger partial charge >= 0.3 is 0 Å². The van der Waals surface area contributed by atoms with Gasteiger partial charge in [0.15, 0.2) is 0 Å². The maximum absolute atomic E-state index is 4.37. The Morgan fingerprint density at radius 1 is 0.870 bits per heavy atom. The molecule has 0 saturated carbocycles. The van der Waals surface area contributed by atoms with E-state index in [4.69, 9.17) is 0 Å². The summed E-state index contributed by atoms with van der Waals surface area (Å²) in [6.45, 7) is 2.34. The molecule has 0 radical (unpaired) electrons. The van der Waals surface area contributed by atoms with E-state index in [0.717, 1.165) is 22.4 Å². The number of nitrogens with one attached hydrogen (secondary N) is 1. The lowest BCUT2D eigenvalue weighted by atomic mass is 10.2. The number of benzene rings is 2. The van der Waals surface area contributed by atoms with Crippen LogP contribution in [-0.4, -0.2) is 23.1 Å². The van der Waals surface area contributed by atoms with Crippen LogP contribution < -0.4 is 10.2 Å². The molecule has 0 amide bonds. The van der Waals surface area contributed by atoms with Crippen molar-refractivity contribution in [2.75, 3.05) is 23.3 Å². The van der Waals surface area contributed by atoms with Gasteiger partial charge in [-0.15, -0.1) is 12.4 Å². The van der Waals surface area contributed by atoms with E-state index in [0.29, 0.717) is 0 Å². The minimum Gasteiger partial charge on any atom is -0.372 e. The van der Waals surface area contributed by atoms with E-state index in [-0.39, 0.29) is 12.4 Å². The van der Waals surface area contributed by atoms with E-state index in [1.54, 1.807) is 6.33 Å². The number of nitrogens with zero attached hydrogens (tertiary/aromatic N) is 3. The van der Waals surface area contributed by atoms with Crippen LogP contribution in [0.4, 0.5) is 17.2 Å². The molecule has 4 rings (SSSR count). The molecule has 118 valence electrons. The Kier molecular flexibility index (Phi) is 4.63. The van der Waals surface area contributed by atoms with E-state index in [1.807, 2.05) is 24.3 Å². The monoisotopic (exact) mass is 326 g/mol. The van der Waals surface area contributed by atoms with Gasteiger partial charge in [-0.05, 0) is 49.2 Å². The maximum atomic E-state index is 4.37. The lowest BCUT2D eigenvalue weighted by molar-refractivity contribution is 0.949. The van der Waals surface area contributed by atoms with Crippen LogP contribution in [0.3, 0.4) is 0 Å². The number of anilines is 3. The third kappa shape index (κ3) is 3.22. The molecule has 1 N–H and O–H groups in total. The van der Waals surface area contributed by atoms with Crippen molar-refractivity contribution in [3.05, 3.63) is 54.9 Å². The third-order valence-electron chi connectivity index (χ3n) is 4.14. The summed E-state index contributed by atoms with van der Waals surface area (Å²) < 4.78 is 0. The van der Waals surface area contributed by atoms with Crippen molar-refractivity contribution in [2.45, 2.75) is 12.8 Å². The van der Waals surface area contributed by atoms with Gasteiger partial charge < -0.3 is 10.2 Å². The van der Waals surface area contributed by atoms with Crippen molar-refractivity contribution < 1.29 is 0 Å². The zero-order valence-electron chi connectivity index (χ0n) is 12.8. The number of halogens is 1. The third-order valence-corrected chi connectivity index (χ3v) is 4.14. The molecule has 1 fully saturated rings. The molecular weight excluding hydrogens is 308 g/mol. The lowest BCUT2D eigenvalue weighted by Gasteiger charge is -2.18. The molecule has 5 heteroatoms. The standard InChI is InChI=1S/C18H18N4.ClH/c1-2-6-17-16(5-1)18(20-13-19-17)21-14-7-9-15(10-8-14)22-11-3-4-12-22;/h1-2,5-10,13H,3-4,11-12H2,(H,19,20,21);1H. The average Bonchev–Trinajstić information content (AvgIpc) is 3.10. The summed E-state index contributed by atoms with van der Waals surface area (Å²) in [7, 11) is 0. The fourth-order valence-electron chi connectivity index (χ4n) is 2.97. The number of rotatable bonds is 3. The highest BCUT2D eigenvalue weighted by Gasteiger charge is 2.12. The summed E-state index contributed by atoms with van der Waals surface area (Å²) in [6.07, 6.45) is 4.20. The van der Waals surface area contributed by atoms with E-state index in [1.165, 1.54) is 31.6 Å². The lowest BCUT2D eigenvalue weighted by Crippen LogP contribution is -2.17. The van der Waals surface area contributed by atoms with Gasteiger partial charge in [-0.2, -0.15) is 0 Å². The van der Waals surface area contributed by atoms with Gasteiger partial charge in [0.1, 0.15) is 12.1 Å². The fourth-order valence-corrected chi connectivity index (χ4v) is 2.97. The maximum Gasteiger partial charge on any atom is 0.141 e. The second-order valence-corrected chi connectivity index (χ2v) is 5.61. The van der Waals surface area contributed by atoms with Gasteiger partial charge in [0.2, 0.25) is 0 Å². The van der Waals surface area contributed by atoms with Gasteiger partial charge in [0, 0.05) is 29.9 Å². The van der Waals surface area contributed by atoms with E-state index in [9.17, 15) is 0 Å². The van der Waals surface area contributed by atoms with Crippen LogP contribution in [0.1, 0.15) is 12.8 Å². The first kappa shape index (κ1) is 15.6. The van der Waals surface area contributed by atoms with Gasteiger partial charge in [-0.3, -0.25) is 0 Å². The number of aromatic nitrogens is 2. The highest BCUT2D eigenvalue weighted by atomic mass is 35.5. The molecule has 0 bridgehead atoms. The first-order chi connectivity index (χ1) is 10.9. The molecule has 2 heterocycles. The summed E-state index contributed by atoms with van der Waals surface area (Å²) in [5.74, 6) is 0.847. The van der Waals surface area contributed by atoms with E-state index < -0.39 is 0 Å². The summed E-state index contributed by atoms with van der Waals surface area (Å²) in [5.41, 5.74) is 3.30. The Morgan fingerprint density at radius 2 is 1.61 bits per heavy atom. The predicted molar refractivity (Wildman–Crippen MR) is 98.0 cm³/mol. The van der Waals surface area contributed by atoms with Crippen LogP contribution in [0.25, 0.3) is 10.9 Å². The highest BCUT2D eigenvalue weighted by molar-refractivity contribution is 5.90. The molecule has 1 aromatic heterocycles. The van der Waals surface area contributed by atoms with E-state index >= 15 is 0 Å². The van der Waals surface area contributed by atoms with Crippen molar-refractivity contribution in [1.82, 2.24) is 9.97 Å². The molecule has 2 aromatic carbocycles. The van der Waals surface area contributed by atoms with Crippen molar-refractivity contribution in [1.29, 1.82) is 0 Å². The Morgan fingerprint density at radius 3 is 2.39 bits per heavy atom. The molecule has 0 atom stereocenters. The average molecular weight is 327 g/mol. The second kappa shape index (κ2) is 6.84. The number of para-hydroxylation sites is 1. The quantitative estimate of drug-likeness (QED) is 0.774. The molecule has 0 spiro atoms. The number of fused-ring (bicyclic) bond motifs is 1. The molecule has 0 aliphatic carbocycles. The zero-order chi connectivity index (χ0) is 14.8. The van der Waals surface area contributed by atoms with Crippen LogP contribution in [-0.2, 0) is 0 Å². The molecular formula is C18H19ClN4. The summed E-state index contributed by atoms with van der Waals surface area (Å²) in [5, 5.41) is 4.43.